The molecular formula is C39H78N2O5. The van der Waals surface area contributed by atoms with Gasteiger partial charge in [0.05, 0.1) is 12.7 Å². The number of amides is 1. The first-order valence-electron chi connectivity index (χ1n) is 19.9. The lowest BCUT2D eigenvalue weighted by Crippen LogP contribution is -2.50. The average molecular weight is 655 g/mol. The quantitative estimate of drug-likeness (QED) is 0.0522. The van der Waals surface area contributed by atoms with Crippen LogP contribution in [-0.4, -0.2) is 53.4 Å². The molecule has 0 rings (SSSR count). The highest BCUT2D eigenvalue weighted by atomic mass is 16.7. The van der Waals surface area contributed by atoms with Crippen LogP contribution in [0.25, 0.3) is 0 Å². The lowest BCUT2D eigenvalue weighted by molar-refractivity contribution is -0.144. The third kappa shape index (κ3) is 26.7. The van der Waals surface area contributed by atoms with Gasteiger partial charge in [-0.2, -0.15) is 0 Å². The van der Waals surface area contributed by atoms with Crippen LogP contribution in [0.3, 0.4) is 0 Å². The summed E-state index contributed by atoms with van der Waals surface area (Å²) >= 11 is 0. The summed E-state index contributed by atoms with van der Waals surface area (Å²) in [6.07, 6.45) is 31.0. The largest absolute Gasteiger partial charge is 0.480 e. The van der Waals surface area contributed by atoms with Crippen molar-refractivity contribution in [1.82, 2.24) is 10.4 Å². The molecule has 0 aromatic rings. The van der Waals surface area contributed by atoms with E-state index in [0.29, 0.717) is 26.0 Å². The second kappa shape index (κ2) is 33.6. The van der Waals surface area contributed by atoms with Crippen molar-refractivity contribution in [2.75, 3.05) is 13.2 Å². The van der Waals surface area contributed by atoms with E-state index < -0.39 is 18.1 Å². The van der Waals surface area contributed by atoms with Crippen molar-refractivity contribution in [1.29, 1.82) is 0 Å². The molecule has 3 atom stereocenters. The van der Waals surface area contributed by atoms with Gasteiger partial charge >= 0.3 is 12.1 Å². The summed E-state index contributed by atoms with van der Waals surface area (Å²) in [5, 5.41) is 10.1. The van der Waals surface area contributed by atoms with E-state index in [-0.39, 0.29) is 12.1 Å². The van der Waals surface area contributed by atoms with E-state index in [9.17, 15) is 14.7 Å². The van der Waals surface area contributed by atoms with Gasteiger partial charge in [-0.15, -0.1) is 0 Å². The average Bonchev–Trinajstić information content (AvgIpc) is 3.04. The van der Waals surface area contributed by atoms with Crippen LogP contribution in [0.15, 0.2) is 0 Å². The molecule has 0 saturated heterocycles. The van der Waals surface area contributed by atoms with Crippen LogP contribution in [0.4, 0.5) is 4.79 Å². The number of carbonyl (C=O) groups is 2. The summed E-state index contributed by atoms with van der Waals surface area (Å²) in [6, 6.07) is -1.04. The Balaban J connectivity index is 4.26. The Kier molecular flexibility index (Phi) is 32.6. The fourth-order valence-electron chi connectivity index (χ4n) is 6.17. The minimum absolute atomic E-state index is 0.167. The molecule has 2 N–H and O–H groups in total. The molecule has 274 valence electrons. The van der Waals surface area contributed by atoms with Crippen LogP contribution >= 0.6 is 0 Å². The van der Waals surface area contributed by atoms with Crippen molar-refractivity contribution in [3.63, 3.8) is 0 Å². The van der Waals surface area contributed by atoms with Gasteiger partial charge in [0.1, 0.15) is 6.04 Å². The number of ether oxygens (including phenoxy) is 1. The van der Waals surface area contributed by atoms with Crippen molar-refractivity contribution < 1.29 is 24.3 Å². The molecule has 46 heavy (non-hydrogen) atoms. The molecule has 0 aliphatic carbocycles. The molecule has 1 amide bonds. The summed E-state index contributed by atoms with van der Waals surface area (Å²) in [7, 11) is 0. The Bertz CT molecular complexity index is 677. The number of hydrogen-bond donors (Lipinski definition) is 2. The van der Waals surface area contributed by atoms with E-state index in [1.165, 1.54) is 114 Å². The van der Waals surface area contributed by atoms with Gasteiger partial charge in [-0.3, -0.25) is 9.74 Å². The number of unbranched alkanes of at least 4 members (excludes halogenated alkanes) is 20. The number of carboxylic acid groups (broad SMARTS) is 1. The van der Waals surface area contributed by atoms with E-state index in [1.807, 2.05) is 6.92 Å². The third-order valence-electron chi connectivity index (χ3n) is 9.26. The van der Waals surface area contributed by atoms with Gasteiger partial charge in [0, 0.05) is 12.6 Å². The zero-order valence-electron chi connectivity index (χ0n) is 31.3. The Morgan fingerprint density at radius 2 is 1.04 bits per heavy atom. The number of rotatable bonds is 35. The molecule has 0 radical (unpaired) electrons. The summed E-state index contributed by atoms with van der Waals surface area (Å²) < 4.78 is 5.63. The van der Waals surface area contributed by atoms with Gasteiger partial charge in [0.25, 0.3) is 0 Å². The van der Waals surface area contributed by atoms with Crippen LogP contribution in [0.2, 0.25) is 0 Å². The molecule has 0 fully saturated rings. The summed E-state index contributed by atoms with van der Waals surface area (Å²) in [4.78, 5) is 32.8. The van der Waals surface area contributed by atoms with Gasteiger partial charge < -0.3 is 9.84 Å². The van der Waals surface area contributed by atoms with Crippen molar-refractivity contribution in [3.8, 4) is 0 Å². The van der Waals surface area contributed by atoms with Crippen molar-refractivity contribution in [2.45, 2.75) is 226 Å². The van der Waals surface area contributed by atoms with Gasteiger partial charge in [-0.1, -0.05) is 156 Å². The minimum atomic E-state index is -0.951. The smallest absolute Gasteiger partial charge is 0.410 e. The second-order valence-electron chi connectivity index (χ2n) is 13.8. The van der Waals surface area contributed by atoms with Crippen LogP contribution in [0.5, 0.6) is 0 Å². The minimum Gasteiger partial charge on any atom is -0.480 e. The third-order valence-corrected chi connectivity index (χ3v) is 9.26. The van der Waals surface area contributed by atoms with Crippen molar-refractivity contribution in [2.24, 2.45) is 0 Å². The molecule has 0 aliphatic heterocycles. The van der Waals surface area contributed by atoms with Gasteiger partial charge in [-0.25, -0.2) is 15.1 Å². The molecule has 0 saturated carbocycles. The first-order valence-corrected chi connectivity index (χ1v) is 19.9. The molecule has 2 unspecified atom stereocenters. The van der Waals surface area contributed by atoms with Gasteiger partial charge in [0.2, 0.25) is 0 Å². The zero-order chi connectivity index (χ0) is 34.1. The number of aliphatic carboxylic acids is 1. The SMILES string of the molecule is CCCCCCCCCCCCCCC(C)ONCCCC[C@@H](C(=O)O)N(C(=O)OCCCCCCCCCC)C(C)CCCC. The molecule has 0 spiro atoms. The van der Waals surface area contributed by atoms with E-state index >= 15 is 0 Å². The maximum atomic E-state index is 13.1. The number of hydroxylamine groups is 1. The highest BCUT2D eigenvalue weighted by Gasteiger charge is 2.33. The predicted molar refractivity (Wildman–Crippen MR) is 194 cm³/mol. The van der Waals surface area contributed by atoms with Crippen LogP contribution in [0.1, 0.15) is 208 Å². The fourth-order valence-corrected chi connectivity index (χ4v) is 6.17. The van der Waals surface area contributed by atoms with Crippen LogP contribution in [-0.2, 0) is 14.4 Å². The van der Waals surface area contributed by atoms with Crippen molar-refractivity contribution in [3.05, 3.63) is 0 Å². The number of nitrogens with zero attached hydrogens (tertiary/aromatic N) is 1. The fraction of sp³-hybridized carbons (Fsp3) is 0.949. The first-order chi connectivity index (χ1) is 22.4. The maximum absolute atomic E-state index is 13.1. The van der Waals surface area contributed by atoms with E-state index in [4.69, 9.17) is 9.57 Å². The van der Waals surface area contributed by atoms with Gasteiger partial charge in [-0.05, 0) is 52.4 Å². The standard InChI is InChI=1S/C39H78N2O5/c1-6-9-12-14-16-18-19-20-21-22-24-26-31-36(5)46-40-33-28-27-32-37(38(42)43)41(35(4)30-11-8-3)39(44)45-34-29-25-23-17-15-13-10-7-2/h35-37,40H,6-34H2,1-5H3,(H,42,43)/t35?,36?,37-/m0/s1. The van der Waals surface area contributed by atoms with Crippen LogP contribution < -0.4 is 5.48 Å². The highest BCUT2D eigenvalue weighted by Crippen LogP contribution is 2.19. The summed E-state index contributed by atoms with van der Waals surface area (Å²) in [5.74, 6) is -0.951. The number of hydrogen-bond acceptors (Lipinski definition) is 5. The molecule has 0 heterocycles. The summed E-state index contributed by atoms with van der Waals surface area (Å²) in [5.41, 5.74) is 3.09. The highest BCUT2D eigenvalue weighted by molar-refractivity contribution is 5.80. The summed E-state index contributed by atoms with van der Waals surface area (Å²) in [6.45, 7) is 11.7. The Hall–Kier alpha value is -1.34. The lowest BCUT2D eigenvalue weighted by Gasteiger charge is -2.33. The van der Waals surface area contributed by atoms with E-state index in [1.54, 1.807) is 0 Å². The zero-order valence-corrected chi connectivity index (χ0v) is 31.3. The molecule has 7 nitrogen and oxygen atoms in total. The molecule has 7 heteroatoms. The lowest BCUT2D eigenvalue weighted by atomic mass is 10.0. The topological polar surface area (TPSA) is 88.1 Å². The second-order valence-corrected chi connectivity index (χ2v) is 13.8. The van der Waals surface area contributed by atoms with Crippen molar-refractivity contribution >= 4 is 12.1 Å². The number of carbonyl (C=O) groups excluding carboxylic acids is 1. The molecule has 0 bridgehead atoms. The van der Waals surface area contributed by atoms with Gasteiger partial charge in [0.15, 0.2) is 0 Å². The molecule has 0 aliphatic rings. The first kappa shape index (κ1) is 44.7. The molecule has 0 aromatic carbocycles. The predicted octanol–water partition coefficient (Wildman–Crippen LogP) is 11.8. The number of carboxylic acids is 1. The Morgan fingerprint density at radius 3 is 1.54 bits per heavy atom. The maximum Gasteiger partial charge on any atom is 0.410 e. The number of nitrogens with one attached hydrogen (secondary N) is 1. The van der Waals surface area contributed by atoms with Crippen LogP contribution in [0, 0.1) is 0 Å². The van der Waals surface area contributed by atoms with E-state index in [0.717, 1.165) is 51.4 Å². The molecular weight excluding hydrogens is 576 g/mol. The normalized spacial score (nSPS) is 13.4. The van der Waals surface area contributed by atoms with E-state index in [2.05, 4.69) is 33.2 Å². The Labute approximate surface area is 285 Å². The molecule has 0 aromatic heterocycles. The Morgan fingerprint density at radius 1 is 0.587 bits per heavy atom. The monoisotopic (exact) mass is 655 g/mol.